The fourth-order valence-electron chi connectivity index (χ4n) is 4.23. The monoisotopic (exact) mass is 548 g/mol. The van der Waals surface area contributed by atoms with Crippen LogP contribution in [0.4, 0.5) is 4.79 Å². The van der Waals surface area contributed by atoms with Gasteiger partial charge in [-0.2, -0.15) is 0 Å². The molecule has 5 N–H and O–H groups in total. The number of carboxylic acids is 1. The van der Waals surface area contributed by atoms with Gasteiger partial charge in [0, 0.05) is 19.5 Å². The standard InChI is InChI=1S/C29H48N4O6/c1-3-4-5-6-7-8-9-10-11-13-19-31-29(39)33-24(21-27(36)37)28(38)32-23-15-12-14-18-30-26(35)17-16-22(2)20-25(23)34/h12,15-17,22-24H,3-11,13-14,18-21H2,1-2H3,(H,30,35)(H,32,38)(H,36,37)(H2,31,33,39)/b15-12+,17-16+/t22-,23-,24?/m0/s1. The number of hydrogen-bond donors (Lipinski definition) is 5. The lowest BCUT2D eigenvalue weighted by Crippen LogP contribution is -2.54. The zero-order valence-corrected chi connectivity index (χ0v) is 23.6. The topological polar surface area (TPSA) is 154 Å². The zero-order chi connectivity index (χ0) is 28.9. The maximum Gasteiger partial charge on any atom is 0.315 e. The summed E-state index contributed by atoms with van der Waals surface area (Å²) in [7, 11) is 0. The van der Waals surface area contributed by atoms with Crippen LogP contribution in [0.5, 0.6) is 0 Å². The molecule has 220 valence electrons. The minimum atomic E-state index is -1.34. The highest BCUT2D eigenvalue weighted by Gasteiger charge is 2.27. The molecule has 0 bridgehead atoms. The van der Waals surface area contributed by atoms with Crippen molar-refractivity contribution in [3.05, 3.63) is 24.3 Å². The van der Waals surface area contributed by atoms with Crippen LogP contribution in [0.2, 0.25) is 0 Å². The van der Waals surface area contributed by atoms with Crippen molar-refractivity contribution in [2.75, 3.05) is 13.1 Å². The molecule has 0 saturated carbocycles. The summed E-state index contributed by atoms with van der Waals surface area (Å²) in [5.74, 6) is -2.75. The second kappa shape index (κ2) is 20.7. The highest BCUT2D eigenvalue weighted by atomic mass is 16.4. The first kappa shape index (κ1) is 33.9. The molecule has 10 nitrogen and oxygen atoms in total. The fourth-order valence-corrected chi connectivity index (χ4v) is 4.23. The first-order valence-corrected chi connectivity index (χ1v) is 14.4. The molecule has 0 aliphatic carbocycles. The summed E-state index contributed by atoms with van der Waals surface area (Å²) in [6.45, 7) is 4.78. The fraction of sp³-hybridized carbons (Fsp3) is 0.690. The predicted molar refractivity (Wildman–Crippen MR) is 151 cm³/mol. The second-order valence-corrected chi connectivity index (χ2v) is 10.2. The Morgan fingerprint density at radius 2 is 1.64 bits per heavy atom. The van der Waals surface area contributed by atoms with E-state index in [0.717, 1.165) is 19.3 Å². The number of unbranched alkanes of at least 4 members (excludes halogenated alkanes) is 9. The van der Waals surface area contributed by atoms with Gasteiger partial charge in [0.15, 0.2) is 5.78 Å². The summed E-state index contributed by atoms with van der Waals surface area (Å²) >= 11 is 0. The van der Waals surface area contributed by atoms with Crippen LogP contribution in [0.3, 0.4) is 0 Å². The lowest BCUT2D eigenvalue weighted by Gasteiger charge is -2.21. The number of carbonyl (C=O) groups excluding carboxylic acids is 4. The third-order valence-electron chi connectivity index (χ3n) is 6.50. The van der Waals surface area contributed by atoms with Crippen molar-refractivity contribution in [2.24, 2.45) is 5.92 Å². The Hall–Kier alpha value is -3.17. The number of carboxylic acid groups (broad SMARTS) is 1. The molecule has 3 atom stereocenters. The molecule has 0 radical (unpaired) electrons. The van der Waals surface area contributed by atoms with Crippen LogP contribution < -0.4 is 21.3 Å². The summed E-state index contributed by atoms with van der Waals surface area (Å²) < 4.78 is 0. The number of Topliss-reactive ketones (excluding diaryl/α,β-unsaturated/α-hetero) is 1. The molecule has 1 unspecified atom stereocenters. The molecule has 1 heterocycles. The van der Waals surface area contributed by atoms with Crippen molar-refractivity contribution in [1.82, 2.24) is 21.3 Å². The van der Waals surface area contributed by atoms with E-state index < -0.39 is 36.4 Å². The van der Waals surface area contributed by atoms with Gasteiger partial charge >= 0.3 is 12.0 Å². The summed E-state index contributed by atoms with van der Waals surface area (Å²) in [5, 5.41) is 19.7. The zero-order valence-electron chi connectivity index (χ0n) is 23.6. The highest BCUT2D eigenvalue weighted by Crippen LogP contribution is 2.11. The molecule has 10 heteroatoms. The third kappa shape index (κ3) is 17.1. The Balaban J connectivity index is 2.53. The van der Waals surface area contributed by atoms with Crippen LogP contribution in [-0.4, -0.2) is 59.9 Å². The smallest absolute Gasteiger partial charge is 0.315 e. The van der Waals surface area contributed by atoms with E-state index in [1.54, 1.807) is 19.1 Å². The molecule has 0 saturated heterocycles. The lowest BCUT2D eigenvalue weighted by molar-refractivity contribution is -0.140. The van der Waals surface area contributed by atoms with Crippen molar-refractivity contribution < 1.29 is 29.1 Å². The summed E-state index contributed by atoms with van der Waals surface area (Å²) in [5.41, 5.74) is 0. The minimum absolute atomic E-state index is 0.0788. The number of allylic oxidation sites excluding steroid dienone is 1. The summed E-state index contributed by atoms with van der Waals surface area (Å²) in [6, 6.07) is -2.94. The van der Waals surface area contributed by atoms with Gasteiger partial charge in [0.25, 0.3) is 0 Å². The first-order chi connectivity index (χ1) is 18.7. The Labute approximate surface area is 232 Å². The molecule has 0 aromatic rings. The van der Waals surface area contributed by atoms with Gasteiger partial charge in [-0.15, -0.1) is 0 Å². The van der Waals surface area contributed by atoms with Crippen molar-refractivity contribution in [3.63, 3.8) is 0 Å². The summed E-state index contributed by atoms with van der Waals surface area (Å²) in [6.07, 6.45) is 17.9. The first-order valence-electron chi connectivity index (χ1n) is 14.4. The summed E-state index contributed by atoms with van der Waals surface area (Å²) in [4.78, 5) is 61.2. The van der Waals surface area contributed by atoms with Gasteiger partial charge in [-0.25, -0.2) is 4.79 Å². The molecule has 39 heavy (non-hydrogen) atoms. The van der Waals surface area contributed by atoms with Gasteiger partial charge in [0.1, 0.15) is 12.1 Å². The molecule has 4 amide bonds. The maximum absolute atomic E-state index is 12.9. The van der Waals surface area contributed by atoms with E-state index in [-0.39, 0.29) is 24.0 Å². The predicted octanol–water partition coefficient (Wildman–Crippen LogP) is 3.76. The van der Waals surface area contributed by atoms with E-state index in [4.69, 9.17) is 0 Å². The van der Waals surface area contributed by atoms with E-state index in [9.17, 15) is 29.1 Å². The highest BCUT2D eigenvalue weighted by molar-refractivity contribution is 5.95. The van der Waals surface area contributed by atoms with E-state index in [0.29, 0.717) is 19.5 Å². The van der Waals surface area contributed by atoms with Gasteiger partial charge in [-0.1, -0.05) is 89.9 Å². The number of urea groups is 1. The maximum atomic E-state index is 12.9. The molecule has 0 aromatic heterocycles. The number of amides is 4. The van der Waals surface area contributed by atoms with Crippen LogP contribution in [0.1, 0.15) is 97.3 Å². The Morgan fingerprint density at radius 1 is 1.00 bits per heavy atom. The van der Waals surface area contributed by atoms with Crippen molar-refractivity contribution in [2.45, 2.75) is 109 Å². The lowest BCUT2D eigenvalue weighted by atomic mass is 9.98. The number of nitrogens with one attached hydrogen (secondary N) is 4. The molecular weight excluding hydrogens is 500 g/mol. The van der Waals surface area contributed by atoms with Gasteiger partial charge in [0.05, 0.1) is 6.42 Å². The van der Waals surface area contributed by atoms with E-state index >= 15 is 0 Å². The molecule has 0 spiro atoms. The largest absolute Gasteiger partial charge is 0.481 e. The van der Waals surface area contributed by atoms with E-state index in [1.807, 2.05) is 0 Å². The quantitative estimate of drug-likeness (QED) is 0.146. The number of ketones is 1. The van der Waals surface area contributed by atoms with E-state index in [1.165, 1.54) is 57.1 Å². The van der Waals surface area contributed by atoms with Crippen molar-refractivity contribution in [3.8, 4) is 0 Å². The van der Waals surface area contributed by atoms with Crippen molar-refractivity contribution in [1.29, 1.82) is 0 Å². The van der Waals surface area contributed by atoms with Crippen LogP contribution in [0, 0.1) is 5.92 Å². The number of hydrogen-bond acceptors (Lipinski definition) is 5. The normalized spacial score (nSPS) is 20.5. The van der Waals surface area contributed by atoms with Gasteiger partial charge in [-0.3, -0.25) is 19.2 Å². The van der Waals surface area contributed by atoms with Crippen LogP contribution in [-0.2, 0) is 19.2 Å². The number of aliphatic carboxylic acids is 1. The molecule has 1 rings (SSSR count). The van der Waals surface area contributed by atoms with Crippen LogP contribution in [0.25, 0.3) is 0 Å². The third-order valence-corrected chi connectivity index (χ3v) is 6.50. The van der Waals surface area contributed by atoms with Crippen LogP contribution >= 0.6 is 0 Å². The van der Waals surface area contributed by atoms with Crippen LogP contribution in [0.15, 0.2) is 24.3 Å². The Kier molecular flexibility index (Phi) is 18.0. The molecule has 0 fully saturated rings. The SMILES string of the molecule is CCCCCCCCCCCCNC(=O)NC(CC(=O)O)C(=O)N[C@H]1/C=C/CCNC(=O)/C=C/[C@H](C)CC1=O. The second-order valence-electron chi connectivity index (χ2n) is 10.2. The average molecular weight is 549 g/mol. The molecule has 1 aliphatic heterocycles. The minimum Gasteiger partial charge on any atom is -0.481 e. The Morgan fingerprint density at radius 3 is 2.28 bits per heavy atom. The Bertz CT molecular complexity index is 842. The van der Waals surface area contributed by atoms with Crippen molar-refractivity contribution >= 4 is 29.6 Å². The van der Waals surface area contributed by atoms with Gasteiger partial charge in [-0.05, 0) is 24.8 Å². The van der Waals surface area contributed by atoms with Gasteiger partial charge in [0.2, 0.25) is 11.8 Å². The average Bonchev–Trinajstić information content (AvgIpc) is 2.88. The molecule has 1 aliphatic rings. The molecular formula is C29H48N4O6. The number of rotatable bonds is 16. The van der Waals surface area contributed by atoms with Gasteiger partial charge < -0.3 is 26.4 Å². The molecule has 0 aromatic carbocycles. The number of carbonyl (C=O) groups is 5. The van der Waals surface area contributed by atoms with E-state index in [2.05, 4.69) is 28.2 Å².